The van der Waals surface area contributed by atoms with Gasteiger partial charge in [0.05, 0.1) is 0 Å². The SMILES string of the molecule is Cc1cc(C)cc(-c2ccc(-c3ccc(-c4cc(C)cc(C)c4)cc3)cc2)c1. The van der Waals surface area contributed by atoms with Crippen molar-refractivity contribution >= 4 is 0 Å². The highest BCUT2D eigenvalue weighted by molar-refractivity contribution is 5.74. The Labute approximate surface area is 168 Å². The number of rotatable bonds is 3. The Kier molecular flexibility index (Phi) is 4.88. The topological polar surface area (TPSA) is 0 Å². The van der Waals surface area contributed by atoms with Crippen molar-refractivity contribution in [1.29, 1.82) is 0 Å². The molecule has 28 heavy (non-hydrogen) atoms. The van der Waals surface area contributed by atoms with Gasteiger partial charge in [-0.2, -0.15) is 0 Å². The summed E-state index contributed by atoms with van der Waals surface area (Å²) in [6.07, 6.45) is 0. The summed E-state index contributed by atoms with van der Waals surface area (Å²) >= 11 is 0. The minimum Gasteiger partial charge on any atom is -0.0563 e. The lowest BCUT2D eigenvalue weighted by atomic mass is 9.96. The summed E-state index contributed by atoms with van der Waals surface area (Å²) in [4.78, 5) is 0. The summed E-state index contributed by atoms with van der Waals surface area (Å²) in [5.41, 5.74) is 12.8. The highest BCUT2D eigenvalue weighted by Crippen LogP contribution is 2.29. The van der Waals surface area contributed by atoms with Gasteiger partial charge in [0.1, 0.15) is 0 Å². The largest absolute Gasteiger partial charge is 0.0563 e. The van der Waals surface area contributed by atoms with Crippen molar-refractivity contribution in [1.82, 2.24) is 0 Å². The van der Waals surface area contributed by atoms with Gasteiger partial charge in [-0.1, -0.05) is 107 Å². The van der Waals surface area contributed by atoms with Crippen molar-refractivity contribution in [2.75, 3.05) is 0 Å². The lowest BCUT2D eigenvalue weighted by Gasteiger charge is -2.09. The molecule has 4 rings (SSSR count). The molecule has 0 saturated carbocycles. The first-order valence-electron chi connectivity index (χ1n) is 9.86. The second-order valence-electron chi connectivity index (χ2n) is 7.91. The molecule has 0 atom stereocenters. The maximum atomic E-state index is 2.25. The molecule has 0 fully saturated rings. The molecule has 0 aliphatic carbocycles. The fraction of sp³-hybridized carbons (Fsp3) is 0.143. The van der Waals surface area contributed by atoms with E-state index in [9.17, 15) is 0 Å². The number of benzene rings is 4. The van der Waals surface area contributed by atoms with Crippen LogP contribution in [0, 0.1) is 27.7 Å². The van der Waals surface area contributed by atoms with Crippen molar-refractivity contribution in [2.24, 2.45) is 0 Å². The molecular formula is C28H26. The molecule has 4 aromatic carbocycles. The van der Waals surface area contributed by atoms with Crippen LogP contribution >= 0.6 is 0 Å². The molecule has 0 nitrogen and oxygen atoms in total. The standard InChI is InChI=1S/C28H26/c1-19-13-20(2)16-27(15-19)25-9-5-23(6-10-25)24-7-11-26(12-8-24)28-17-21(3)14-22(4)18-28/h5-18H,1-4H3. The fourth-order valence-corrected chi connectivity index (χ4v) is 3.99. The van der Waals surface area contributed by atoms with E-state index in [4.69, 9.17) is 0 Å². The van der Waals surface area contributed by atoms with Gasteiger partial charge in [0, 0.05) is 0 Å². The van der Waals surface area contributed by atoms with E-state index in [1.54, 1.807) is 0 Å². The quantitative estimate of drug-likeness (QED) is 0.347. The summed E-state index contributed by atoms with van der Waals surface area (Å²) in [7, 11) is 0. The van der Waals surface area contributed by atoms with Crippen LogP contribution in [0.25, 0.3) is 33.4 Å². The van der Waals surface area contributed by atoms with E-state index >= 15 is 0 Å². The van der Waals surface area contributed by atoms with E-state index in [-0.39, 0.29) is 0 Å². The zero-order valence-electron chi connectivity index (χ0n) is 17.1. The lowest BCUT2D eigenvalue weighted by Crippen LogP contribution is -1.85. The molecule has 0 amide bonds. The van der Waals surface area contributed by atoms with E-state index in [0.29, 0.717) is 0 Å². The predicted molar refractivity (Wildman–Crippen MR) is 122 cm³/mol. The van der Waals surface area contributed by atoms with E-state index in [2.05, 4.69) is 113 Å². The van der Waals surface area contributed by atoms with Crippen LogP contribution in [0.2, 0.25) is 0 Å². The molecule has 0 spiro atoms. The maximum absolute atomic E-state index is 2.25. The molecule has 0 heteroatoms. The minimum absolute atomic E-state index is 1.25. The number of aryl methyl sites for hydroxylation is 4. The van der Waals surface area contributed by atoms with E-state index in [1.165, 1.54) is 55.6 Å². The smallest absolute Gasteiger partial charge is 0.0179 e. The predicted octanol–water partition coefficient (Wildman–Crippen LogP) is 7.92. The molecular weight excluding hydrogens is 336 g/mol. The Morgan fingerprint density at radius 2 is 0.500 bits per heavy atom. The van der Waals surface area contributed by atoms with Crippen LogP contribution in [0.3, 0.4) is 0 Å². The van der Waals surface area contributed by atoms with Gasteiger partial charge in [-0.15, -0.1) is 0 Å². The van der Waals surface area contributed by atoms with Crippen LogP contribution in [-0.2, 0) is 0 Å². The summed E-state index contributed by atoms with van der Waals surface area (Å²) in [6.45, 7) is 8.62. The van der Waals surface area contributed by atoms with Gasteiger partial charge in [-0.3, -0.25) is 0 Å². The third kappa shape index (κ3) is 3.92. The lowest BCUT2D eigenvalue weighted by molar-refractivity contribution is 1.38. The Morgan fingerprint density at radius 1 is 0.286 bits per heavy atom. The molecule has 0 aliphatic heterocycles. The minimum atomic E-state index is 1.25. The highest BCUT2D eigenvalue weighted by Gasteiger charge is 2.04. The van der Waals surface area contributed by atoms with Gasteiger partial charge < -0.3 is 0 Å². The van der Waals surface area contributed by atoms with Crippen LogP contribution < -0.4 is 0 Å². The van der Waals surface area contributed by atoms with Gasteiger partial charge >= 0.3 is 0 Å². The van der Waals surface area contributed by atoms with Crippen LogP contribution in [0.4, 0.5) is 0 Å². The zero-order chi connectivity index (χ0) is 19.7. The molecule has 138 valence electrons. The average Bonchev–Trinajstić information content (AvgIpc) is 2.67. The summed E-state index contributed by atoms with van der Waals surface area (Å²) in [5, 5.41) is 0. The summed E-state index contributed by atoms with van der Waals surface area (Å²) < 4.78 is 0. The molecule has 0 aliphatic rings. The average molecular weight is 363 g/mol. The fourth-order valence-electron chi connectivity index (χ4n) is 3.99. The van der Waals surface area contributed by atoms with Crippen molar-refractivity contribution < 1.29 is 0 Å². The maximum Gasteiger partial charge on any atom is -0.0179 e. The van der Waals surface area contributed by atoms with Crippen LogP contribution in [0.15, 0.2) is 84.9 Å². The normalized spacial score (nSPS) is 10.9. The Morgan fingerprint density at radius 3 is 0.750 bits per heavy atom. The van der Waals surface area contributed by atoms with E-state index in [1.807, 2.05) is 0 Å². The Bertz CT molecular complexity index is 980. The molecule has 0 N–H and O–H groups in total. The van der Waals surface area contributed by atoms with Gasteiger partial charge in [0.15, 0.2) is 0 Å². The van der Waals surface area contributed by atoms with Crippen LogP contribution in [-0.4, -0.2) is 0 Å². The molecule has 0 bridgehead atoms. The first-order valence-corrected chi connectivity index (χ1v) is 9.86. The van der Waals surface area contributed by atoms with Gasteiger partial charge in [-0.05, 0) is 61.1 Å². The third-order valence-corrected chi connectivity index (χ3v) is 5.21. The van der Waals surface area contributed by atoms with Crippen molar-refractivity contribution in [3.8, 4) is 33.4 Å². The van der Waals surface area contributed by atoms with Crippen molar-refractivity contribution in [3.63, 3.8) is 0 Å². The zero-order valence-corrected chi connectivity index (χ0v) is 17.1. The number of hydrogen-bond acceptors (Lipinski definition) is 0. The van der Waals surface area contributed by atoms with Gasteiger partial charge in [0.25, 0.3) is 0 Å². The van der Waals surface area contributed by atoms with Crippen molar-refractivity contribution in [3.05, 3.63) is 107 Å². The van der Waals surface area contributed by atoms with Crippen LogP contribution in [0.1, 0.15) is 22.3 Å². The van der Waals surface area contributed by atoms with E-state index < -0.39 is 0 Å². The van der Waals surface area contributed by atoms with E-state index in [0.717, 1.165) is 0 Å². The highest BCUT2D eigenvalue weighted by atomic mass is 14.1. The monoisotopic (exact) mass is 362 g/mol. The number of hydrogen-bond donors (Lipinski definition) is 0. The summed E-state index contributed by atoms with van der Waals surface area (Å²) in [5.74, 6) is 0. The molecule has 0 unspecified atom stereocenters. The molecule has 4 aromatic rings. The molecule has 0 saturated heterocycles. The Hall–Kier alpha value is -3.12. The Balaban J connectivity index is 1.61. The molecule has 0 aromatic heterocycles. The third-order valence-electron chi connectivity index (χ3n) is 5.21. The second kappa shape index (κ2) is 7.48. The molecule has 0 radical (unpaired) electrons. The van der Waals surface area contributed by atoms with Gasteiger partial charge in [0.2, 0.25) is 0 Å². The molecule has 0 heterocycles. The second-order valence-corrected chi connectivity index (χ2v) is 7.91. The van der Waals surface area contributed by atoms with Crippen LogP contribution in [0.5, 0.6) is 0 Å². The first kappa shape index (κ1) is 18.3. The van der Waals surface area contributed by atoms with Crippen molar-refractivity contribution in [2.45, 2.75) is 27.7 Å². The first-order chi connectivity index (χ1) is 13.5. The summed E-state index contributed by atoms with van der Waals surface area (Å²) in [6, 6.07) is 31.2. The van der Waals surface area contributed by atoms with Gasteiger partial charge in [-0.25, -0.2) is 0 Å².